The van der Waals surface area contributed by atoms with Crippen LogP contribution in [0.15, 0.2) is 60.7 Å². The summed E-state index contributed by atoms with van der Waals surface area (Å²) in [7, 11) is 0. The summed E-state index contributed by atoms with van der Waals surface area (Å²) in [5.74, 6) is -1.89. The van der Waals surface area contributed by atoms with Gasteiger partial charge in [0, 0.05) is 0 Å². The number of hydrogen-bond acceptors (Lipinski definition) is 6. The van der Waals surface area contributed by atoms with Crippen molar-refractivity contribution in [1.82, 2.24) is 10.9 Å². The lowest BCUT2D eigenvalue weighted by atomic mass is 10.2. The molecule has 8 nitrogen and oxygen atoms in total. The van der Waals surface area contributed by atoms with E-state index >= 15 is 0 Å². The Bertz CT molecular complexity index is 607. The highest BCUT2D eigenvalue weighted by Crippen LogP contribution is 2.04. The highest BCUT2D eigenvalue weighted by atomic mass is 16.3. The number of aliphatic hydroxyl groups excluding tert-OH is 2. The maximum atomic E-state index is 11.8. The van der Waals surface area contributed by atoms with Gasteiger partial charge in [-0.2, -0.15) is 0 Å². The van der Waals surface area contributed by atoms with Crippen LogP contribution >= 0.6 is 0 Å². The van der Waals surface area contributed by atoms with E-state index < -0.39 is 24.0 Å². The Morgan fingerprint density at radius 3 is 1.33 bits per heavy atom. The van der Waals surface area contributed by atoms with Crippen LogP contribution < -0.4 is 21.7 Å². The lowest BCUT2D eigenvalue weighted by Crippen LogP contribution is -2.51. The topological polar surface area (TPSA) is 123 Å². The molecular weight excluding hydrogens is 312 g/mol. The van der Waals surface area contributed by atoms with Crippen LogP contribution in [0.2, 0.25) is 0 Å². The first-order chi connectivity index (χ1) is 11.6. The maximum Gasteiger partial charge on any atom is 0.270 e. The number of anilines is 2. The molecule has 0 aromatic heterocycles. The van der Waals surface area contributed by atoms with Gasteiger partial charge in [0.15, 0.2) is 12.2 Å². The number of rotatable bonds is 7. The smallest absolute Gasteiger partial charge is 0.270 e. The Morgan fingerprint density at radius 2 is 1.00 bits per heavy atom. The zero-order valence-electron chi connectivity index (χ0n) is 12.6. The van der Waals surface area contributed by atoms with Gasteiger partial charge < -0.3 is 10.2 Å². The molecule has 0 saturated carbocycles. The highest BCUT2D eigenvalue weighted by molar-refractivity contribution is 5.91. The van der Waals surface area contributed by atoms with Gasteiger partial charge >= 0.3 is 0 Å². The third-order valence-corrected chi connectivity index (χ3v) is 3.04. The quantitative estimate of drug-likeness (QED) is 0.397. The zero-order valence-corrected chi connectivity index (χ0v) is 12.6. The van der Waals surface area contributed by atoms with Gasteiger partial charge in [-0.1, -0.05) is 36.4 Å². The number of hydrogen-bond donors (Lipinski definition) is 6. The zero-order chi connectivity index (χ0) is 17.4. The molecule has 0 unspecified atom stereocenters. The van der Waals surface area contributed by atoms with Gasteiger partial charge in [0.2, 0.25) is 0 Å². The molecule has 0 aliphatic carbocycles. The number of aliphatic hydroxyl groups is 2. The molecule has 0 fully saturated rings. The third-order valence-electron chi connectivity index (χ3n) is 3.04. The summed E-state index contributed by atoms with van der Waals surface area (Å²) in [5, 5.41) is 19.5. The number of nitrogens with one attached hydrogen (secondary N) is 4. The predicted octanol–water partition coefficient (Wildman–Crippen LogP) is -0.00520. The van der Waals surface area contributed by atoms with Crippen LogP contribution in [0.25, 0.3) is 0 Å². The molecule has 0 aliphatic rings. The fraction of sp³-hybridized carbons (Fsp3) is 0.125. The number of amides is 2. The van der Waals surface area contributed by atoms with Crippen molar-refractivity contribution >= 4 is 23.2 Å². The minimum atomic E-state index is -1.93. The van der Waals surface area contributed by atoms with E-state index in [0.717, 1.165) is 0 Å². The maximum absolute atomic E-state index is 11.8. The Balaban J connectivity index is 1.80. The molecule has 2 amide bonds. The van der Waals surface area contributed by atoms with Crippen molar-refractivity contribution in [2.75, 3.05) is 10.9 Å². The Hall–Kier alpha value is -3.10. The van der Waals surface area contributed by atoms with Crippen LogP contribution in [0, 0.1) is 0 Å². The third kappa shape index (κ3) is 4.97. The molecule has 0 spiro atoms. The predicted molar refractivity (Wildman–Crippen MR) is 88.4 cm³/mol. The van der Waals surface area contributed by atoms with E-state index in [-0.39, 0.29) is 0 Å². The average Bonchev–Trinajstić information content (AvgIpc) is 2.64. The Labute approximate surface area is 138 Å². The number of benzene rings is 2. The van der Waals surface area contributed by atoms with Gasteiger partial charge in [0.05, 0.1) is 11.4 Å². The molecule has 0 radical (unpaired) electrons. The summed E-state index contributed by atoms with van der Waals surface area (Å²) < 4.78 is 0. The van der Waals surface area contributed by atoms with Gasteiger partial charge in [0.25, 0.3) is 11.8 Å². The normalized spacial score (nSPS) is 12.6. The van der Waals surface area contributed by atoms with Crippen LogP contribution in [-0.2, 0) is 9.59 Å². The Kier molecular flexibility index (Phi) is 6.12. The lowest BCUT2D eigenvalue weighted by molar-refractivity contribution is -0.145. The van der Waals surface area contributed by atoms with Crippen molar-refractivity contribution in [2.24, 2.45) is 0 Å². The standard InChI is InChI=1S/C16H18N4O4/c21-13(15(23)19-17-11-7-3-1-4-8-11)14(22)16(24)20-18-12-9-5-2-6-10-12/h1-10,13-14,17-18,21-22H,(H,19,23)(H,20,24)/t13-,14-/m0/s1. The van der Waals surface area contributed by atoms with Crippen molar-refractivity contribution in [1.29, 1.82) is 0 Å². The summed E-state index contributed by atoms with van der Waals surface area (Å²) in [6.07, 6.45) is -3.86. The van der Waals surface area contributed by atoms with E-state index in [0.29, 0.717) is 11.4 Å². The summed E-state index contributed by atoms with van der Waals surface area (Å²) in [6, 6.07) is 17.4. The summed E-state index contributed by atoms with van der Waals surface area (Å²) in [4.78, 5) is 23.5. The molecule has 24 heavy (non-hydrogen) atoms. The lowest BCUT2D eigenvalue weighted by Gasteiger charge is -2.18. The van der Waals surface area contributed by atoms with Gasteiger partial charge in [-0.05, 0) is 24.3 Å². The van der Waals surface area contributed by atoms with Gasteiger partial charge in [-0.25, -0.2) is 0 Å². The minimum Gasteiger partial charge on any atom is -0.380 e. The van der Waals surface area contributed by atoms with E-state index in [1.165, 1.54) is 0 Å². The van der Waals surface area contributed by atoms with Crippen molar-refractivity contribution in [3.63, 3.8) is 0 Å². The summed E-state index contributed by atoms with van der Waals surface area (Å²) in [5.41, 5.74) is 10.7. The van der Waals surface area contributed by atoms with E-state index in [2.05, 4.69) is 21.7 Å². The van der Waals surface area contributed by atoms with Crippen LogP contribution in [0.1, 0.15) is 0 Å². The minimum absolute atomic E-state index is 0.586. The SMILES string of the molecule is O=C(NNc1ccccc1)[C@@H](O)[C@H](O)C(=O)NNc1ccccc1. The first-order valence-electron chi connectivity index (χ1n) is 7.16. The molecule has 126 valence electrons. The fourth-order valence-electron chi connectivity index (χ4n) is 1.75. The van der Waals surface area contributed by atoms with Crippen molar-refractivity contribution in [3.05, 3.63) is 60.7 Å². The molecule has 2 aromatic rings. The summed E-state index contributed by atoms with van der Waals surface area (Å²) >= 11 is 0. The van der Waals surface area contributed by atoms with Gasteiger partial charge in [-0.3, -0.25) is 31.3 Å². The molecule has 0 bridgehead atoms. The number of carbonyl (C=O) groups is 2. The number of hydrazine groups is 2. The van der Waals surface area contributed by atoms with Crippen LogP contribution in [0.4, 0.5) is 11.4 Å². The Morgan fingerprint density at radius 1 is 0.667 bits per heavy atom. The first-order valence-corrected chi connectivity index (χ1v) is 7.16. The van der Waals surface area contributed by atoms with E-state index in [9.17, 15) is 19.8 Å². The molecule has 6 N–H and O–H groups in total. The molecule has 2 rings (SSSR count). The second-order valence-corrected chi connectivity index (χ2v) is 4.85. The molecule has 2 atom stereocenters. The van der Waals surface area contributed by atoms with Crippen molar-refractivity contribution in [3.8, 4) is 0 Å². The second kappa shape index (κ2) is 8.51. The molecule has 0 heterocycles. The largest absolute Gasteiger partial charge is 0.380 e. The fourth-order valence-corrected chi connectivity index (χ4v) is 1.75. The van der Waals surface area contributed by atoms with Crippen LogP contribution in [0.5, 0.6) is 0 Å². The molecule has 8 heteroatoms. The highest BCUT2D eigenvalue weighted by Gasteiger charge is 2.30. The van der Waals surface area contributed by atoms with Crippen molar-refractivity contribution < 1.29 is 19.8 Å². The van der Waals surface area contributed by atoms with E-state index in [1.54, 1.807) is 60.7 Å². The molecule has 2 aromatic carbocycles. The monoisotopic (exact) mass is 330 g/mol. The summed E-state index contributed by atoms with van der Waals surface area (Å²) in [6.45, 7) is 0. The average molecular weight is 330 g/mol. The van der Waals surface area contributed by atoms with Gasteiger partial charge in [0.1, 0.15) is 0 Å². The molecular formula is C16H18N4O4. The number of para-hydroxylation sites is 2. The first kappa shape index (κ1) is 17.3. The van der Waals surface area contributed by atoms with E-state index in [4.69, 9.17) is 0 Å². The second-order valence-electron chi connectivity index (χ2n) is 4.85. The van der Waals surface area contributed by atoms with Crippen molar-refractivity contribution in [2.45, 2.75) is 12.2 Å². The van der Waals surface area contributed by atoms with Crippen LogP contribution in [0.3, 0.4) is 0 Å². The molecule has 0 aliphatic heterocycles. The molecule has 0 saturated heterocycles. The number of carbonyl (C=O) groups excluding carboxylic acids is 2. The van der Waals surface area contributed by atoms with Gasteiger partial charge in [-0.15, -0.1) is 0 Å². The van der Waals surface area contributed by atoms with E-state index in [1.807, 2.05) is 0 Å². The van der Waals surface area contributed by atoms with Crippen LogP contribution in [-0.4, -0.2) is 34.2 Å².